The number of nitrogens with zero attached hydrogens (tertiary/aromatic N) is 1. The Morgan fingerprint density at radius 1 is 1.29 bits per heavy atom. The van der Waals surface area contributed by atoms with E-state index in [0.717, 1.165) is 32.8 Å². The van der Waals surface area contributed by atoms with Crippen LogP contribution in [-0.4, -0.2) is 37.7 Å². The third-order valence-electron chi connectivity index (χ3n) is 2.91. The molecule has 0 radical (unpaired) electrons. The first kappa shape index (κ1) is 12.3. The van der Waals surface area contributed by atoms with Crippen molar-refractivity contribution in [2.75, 3.05) is 32.8 Å². The second-order valence-electron chi connectivity index (χ2n) is 4.27. The van der Waals surface area contributed by atoms with Crippen LogP contribution in [0.1, 0.15) is 11.1 Å². The third kappa shape index (κ3) is 3.97. The Morgan fingerprint density at radius 3 is 2.88 bits per heavy atom. The summed E-state index contributed by atoms with van der Waals surface area (Å²) in [6.07, 6.45) is 4.05. The van der Waals surface area contributed by atoms with Crippen molar-refractivity contribution in [2.24, 2.45) is 5.73 Å². The van der Waals surface area contributed by atoms with E-state index in [1.165, 1.54) is 11.1 Å². The van der Waals surface area contributed by atoms with E-state index in [1.807, 2.05) is 6.08 Å². The fourth-order valence-corrected chi connectivity index (χ4v) is 2.02. The molecule has 0 spiro atoms. The van der Waals surface area contributed by atoms with Crippen LogP contribution in [0.2, 0.25) is 0 Å². The number of hydrogen-bond acceptors (Lipinski definition) is 3. The van der Waals surface area contributed by atoms with Crippen molar-refractivity contribution in [3.05, 3.63) is 41.5 Å². The minimum absolute atomic E-state index is 0.591. The second kappa shape index (κ2) is 6.55. The van der Waals surface area contributed by atoms with E-state index in [-0.39, 0.29) is 0 Å². The van der Waals surface area contributed by atoms with Crippen LogP contribution < -0.4 is 5.73 Å². The molecule has 0 atom stereocenters. The van der Waals surface area contributed by atoms with Crippen molar-refractivity contribution in [1.29, 1.82) is 0 Å². The highest BCUT2D eigenvalue weighted by atomic mass is 16.5. The minimum Gasteiger partial charge on any atom is -0.379 e. The largest absolute Gasteiger partial charge is 0.379 e. The van der Waals surface area contributed by atoms with Crippen LogP contribution >= 0.6 is 0 Å². The van der Waals surface area contributed by atoms with Crippen molar-refractivity contribution < 1.29 is 4.74 Å². The van der Waals surface area contributed by atoms with E-state index in [4.69, 9.17) is 10.5 Å². The van der Waals surface area contributed by atoms with Crippen molar-refractivity contribution in [2.45, 2.75) is 6.54 Å². The van der Waals surface area contributed by atoms with Gasteiger partial charge in [-0.15, -0.1) is 0 Å². The summed E-state index contributed by atoms with van der Waals surface area (Å²) in [5.41, 5.74) is 8.03. The molecular formula is C14H20N2O. The van der Waals surface area contributed by atoms with Gasteiger partial charge < -0.3 is 10.5 Å². The highest BCUT2D eigenvalue weighted by molar-refractivity contribution is 5.50. The highest BCUT2D eigenvalue weighted by Gasteiger charge is 2.10. The van der Waals surface area contributed by atoms with E-state index >= 15 is 0 Å². The summed E-state index contributed by atoms with van der Waals surface area (Å²) in [5, 5.41) is 0. The fourth-order valence-electron chi connectivity index (χ4n) is 2.02. The molecule has 1 saturated heterocycles. The first-order valence-electron chi connectivity index (χ1n) is 6.14. The van der Waals surface area contributed by atoms with Gasteiger partial charge in [0.15, 0.2) is 0 Å². The lowest BCUT2D eigenvalue weighted by atomic mass is 10.1. The average Bonchev–Trinajstić information content (AvgIpc) is 2.38. The van der Waals surface area contributed by atoms with Crippen LogP contribution in [0.15, 0.2) is 30.3 Å². The zero-order chi connectivity index (χ0) is 11.9. The molecule has 0 aromatic heterocycles. The van der Waals surface area contributed by atoms with Gasteiger partial charge in [-0.05, 0) is 11.1 Å². The van der Waals surface area contributed by atoms with Crippen molar-refractivity contribution in [3.8, 4) is 0 Å². The van der Waals surface area contributed by atoms with Gasteiger partial charge in [0.25, 0.3) is 0 Å². The van der Waals surface area contributed by atoms with Gasteiger partial charge in [0.2, 0.25) is 0 Å². The van der Waals surface area contributed by atoms with Gasteiger partial charge in [-0.25, -0.2) is 0 Å². The van der Waals surface area contributed by atoms with E-state index < -0.39 is 0 Å². The van der Waals surface area contributed by atoms with E-state index in [2.05, 4.69) is 35.2 Å². The van der Waals surface area contributed by atoms with Crippen LogP contribution in [-0.2, 0) is 11.3 Å². The van der Waals surface area contributed by atoms with E-state index in [0.29, 0.717) is 6.54 Å². The van der Waals surface area contributed by atoms with E-state index in [1.54, 1.807) is 0 Å². The first-order chi connectivity index (χ1) is 8.38. The van der Waals surface area contributed by atoms with Crippen LogP contribution in [0.4, 0.5) is 0 Å². The van der Waals surface area contributed by atoms with Gasteiger partial charge in [0.05, 0.1) is 13.2 Å². The summed E-state index contributed by atoms with van der Waals surface area (Å²) in [7, 11) is 0. The smallest absolute Gasteiger partial charge is 0.0594 e. The van der Waals surface area contributed by atoms with Crippen LogP contribution in [0.25, 0.3) is 6.08 Å². The molecule has 0 amide bonds. The standard InChI is InChI=1S/C14H20N2O/c15-6-2-5-13-3-1-4-14(11-13)12-16-7-9-17-10-8-16/h1-5,11H,6-10,12,15H2/b5-2+. The van der Waals surface area contributed by atoms with Crippen molar-refractivity contribution >= 4 is 6.08 Å². The van der Waals surface area contributed by atoms with Crippen molar-refractivity contribution in [3.63, 3.8) is 0 Å². The molecule has 0 bridgehead atoms. The molecule has 92 valence electrons. The maximum atomic E-state index is 5.45. The summed E-state index contributed by atoms with van der Waals surface area (Å²) in [4.78, 5) is 2.43. The molecule has 0 unspecified atom stereocenters. The summed E-state index contributed by atoms with van der Waals surface area (Å²) >= 11 is 0. The Labute approximate surface area is 103 Å². The lowest BCUT2D eigenvalue weighted by molar-refractivity contribution is 0.0342. The summed E-state index contributed by atoms with van der Waals surface area (Å²) < 4.78 is 5.35. The number of morpholine rings is 1. The lowest BCUT2D eigenvalue weighted by Crippen LogP contribution is -2.35. The topological polar surface area (TPSA) is 38.5 Å². The number of hydrogen-bond donors (Lipinski definition) is 1. The third-order valence-corrected chi connectivity index (χ3v) is 2.91. The Morgan fingerprint density at radius 2 is 2.12 bits per heavy atom. The molecule has 0 aliphatic carbocycles. The zero-order valence-electron chi connectivity index (χ0n) is 10.1. The maximum Gasteiger partial charge on any atom is 0.0594 e. The Kier molecular flexibility index (Phi) is 4.74. The van der Waals surface area contributed by atoms with Gasteiger partial charge in [-0.2, -0.15) is 0 Å². The summed E-state index contributed by atoms with van der Waals surface area (Å²) in [6.45, 7) is 5.37. The highest BCUT2D eigenvalue weighted by Crippen LogP contribution is 2.10. The predicted molar refractivity (Wildman–Crippen MR) is 70.6 cm³/mol. The van der Waals surface area contributed by atoms with E-state index in [9.17, 15) is 0 Å². The van der Waals surface area contributed by atoms with Crippen LogP contribution in [0.3, 0.4) is 0 Å². The normalized spacial score (nSPS) is 17.7. The Bertz CT molecular complexity index is 370. The van der Waals surface area contributed by atoms with Gasteiger partial charge in [-0.1, -0.05) is 36.4 Å². The molecule has 1 aliphatic heterocycles. The van der Waals surface area contributed by atoms with Gasteiger partial charge in [0.1, 0.15) is 0 Å². The monoisotopic (exact) mass is 232 g/mol. The van der Waals surface area contributed by atoms with Gasteiger partial charge >= 0.3 is 0 Å². The SMILES string of the molecule is NC/C=C/c1cccc(CN2CCOCC2)c1. The molecule has 3 nitrogen and oxygen atoms in total. The Balaban J connectivity index is 1.97. The lowest BCUT2D eigenvalue weighted by Gasteiger charge is -2.26. The predicted octanol–water partition coefficient (Wildman–Crippen LogP) is 1.49. The molecular weight excluding hydrogens is 212 g/mol. The summed E-state index contributed by atoms with van der Waals surface area (Å²) in [5.74, 6) is 0. The molecule has 1 aromatic carbocycles. The van der Waals surface area contributed by atoms with Crippen molar-refractivity contribution in [1.82, 2.24) is 4.90 Å². The van der Waals surface area contributed by atoms with Gasteiger partial charge in [0, 0.05) is 26.2 Å². The molecule has 3 heteroatoms. The quantitative estimate of drug-likeness (QED) is 0.855. The molecule has 1 aromatic rings. The maximum absolute atomic E-state index is 5.45. The number of benzene rings is 1. The molecule has 0 saturated carbocycles. The zero-order valence-corrected chi connectivity index (χ0v) is 10.1. The number of nitrogens with two attached hydrogens (primary N) is 1. The van der Waals surface area contributed by atoms with Gasteiger partial charge in [-0.3, -0.25) is 4.90 Å². The number of ether oxygens (including phenoxy) is 1. The molecule has 2 rings (SSSR count). The molecule has 2 N–H and O–H groups in total. The first-order valence-corrected chi connectivity index (χ1v) is 6.14. The molecule has 17 heavy (non-hydrogen) atoms. The molecule has 1 aliphatic rings. The van der Waals surface area contributed by atoms with Crippen LogP contribution in [0.5, 0.6) is 0 Å². The Hall–Kier alpha value is -1.16. The summed E-state index contributed by atoms with van der Waals surface area (Å²) in [6, 6.07) is 8.61. The second-order valence-corrected chi connectivity index (χ2v) is 4.27. The molecule has 1 heterocycles. The molecule has 1 fully saturated rings. The van der Waals surface area contributed by atoms with Crippen LogP contribution in [0, 0.1) is 0 Å². The minimum atomic E-state index is 0.591. The average molecular weight is 232 g/mol. The fraction of sp³-hybridized carbons (Fsp3) is 0.429. The number of rotatable bonds is 4.